The smallest absolute Gasteiger partial charge is 0.211 e. The lowest BCUT2D eigenvalue weighted by Gasteiger charge is -2.14. The van der Waals surface area contributed by atoms with Crippen molar-refractivity contribution >= 4 is 18.2 Å². The van der Waals surface area contributed by atoms with E-state index in [1.165, 1.54) is 102 Å². The van der Waals surface area contributed by atoms with Gasteiger partial charge in [-0.3, -0.25) is 0 Å². The summed E-state index contributed by atoms with van der Waals surface area (Å²) < 4.78 is 0. The van der Waals surface area contributed by atoms with E-state index in [9.17, 15) is 14.4 Å². The third kappa shape index (κ3) is 16.8. The number of hydrogen-bond acceptors (Lipinski definition) is 6. The molecule has 0 aromatic carbocycles. The van der Waals surface area contributed by atoms with Crippen molar-refractivity contribution in [2.24, 2.45) is 15.0 Å². The van der Waals surface area contributed by atoms with Crippen molar-refractivity contribution < 1.29 is 14.4 Å². The van der Waals surface area contributed by atoms with Gasteiger partial charge in [0, 0.05) is 6.42 Å². The highest BCUT2D eigenvalue weighted by Gasteiger charge is 2.28. The van der Waals surface area contributed by atoms with Crippen LogP contribution in [0, 0.1) is 0 Å². The zero-order chi connectivity index (χ0) is 21.5. The van der Waals surface area contributed by atoms with Gasteiger partial charge in [-0.05, 0) is 6.42 Å². The first-order chi connectivity index (χ1) is 14.2. The van der Waals surface area contributed by atoms with Crippen LogP contribution in [0.4, 0.5) is 0 Å². The van der Waals surface area contributed by atoms with E-state index >= 15 is 0 Å². The highest BCUT2D eigenvalue weighted by molar-refractivity contribution is 5.42. The lowest BCUT2D eigenvalue weighted by molar-refractivity contribution is 0.398. The number of isocyanates is 3. The first kappa shape index (κ1) is 27.1. The predicted molar refractivity (Wildman–Crippen MR) is 116 cm³/mol. The average Bonchev–Trinajstić information content (AvgIpc) is 2.71. The molecule has 0 unspecified atom stereocenters. The van der Waals surface area contributed by atoms with E-state index in [0.717, 1.165) is 19.3 Å². The molecule has 0 bridgehead atoms. The third-order valence-electron chi connectivity index (χ3n) is 5.29. The molecule has 0 aromatic rings. The number of nitrogens with zero attached hydrogens (tertiary/aromatic N) is 3. The van der Waals surface area contributed by atoms with Crippen LogP contribution in [0.2, 0.25) is 0 Å². The molecule has 0 atom stereocenters. The fourth-order valence-corrected chi connectivity index (χ4v) is 3.55. The quantitative estimate of drug-likeness (QED) is 0.121. The van der Waals surface area contributed by atoms with Crippen molar-refractivity contribution in [3.63, 3.8) is 0 Å². The Balaban J connectivity index is 3.54. The predicted octanol–water partition coefficient (Wildman–Crippen LogP) is 6.69. The second-order valence-electron chi connectivity index (χ2n) is 7.79. The molecule has 0 aliphatic heterocycles. The summed E-state index contributed by atoms with van der Waals surface area (Å²) in [6.07, 6.45) is 25.6. The number of unbranched alkanes of at least 4 members (excludes halogenated alkanes) is 16. The van der Waals surface area contributed by atoms with Gasteiger partial charge in [-0.1, -0.05) is 110 Å². The van der Waals surface area contributed by atoms with E-state index < -0.39 is 5.79 Å². The molecule has 29 heavy (non-hydrogen) atoms. The molecule has 0 heterocycles. The molecule has 0 radical (unpaired) electrons. The Morgan fingerprint density at radius 3 is 1.03 bits per heavy atom. The zero-order valence-electron chi connectivity index (χ0n) is 18.3. The number of hydrogen-bond donors (Lipinski definition) is 0. The van der Waals surface area contributed by atoms with Crippen LogP contribution in [0.5, 0.6) is 0 Å². The van der Waals surface area contributed by atoms with Crippen molar-refractivity contribution in [3.05, 3.63) is 0 Å². The van der Waals surface area contributed by atoms with E-state index in [4.69, 9.17) is 0 Å². The number of aliphatic imine (C=N–C) groups is 3. The minimum atomic E-state index is -1.71. The van der Waals surface area contributed by atoms with Crippen molar-refractivity contribution in [1.29, 1.82) is 0 Å². The van der Waals surface area contributed by atoms with E-state index in [2.05, 4.69) is 21.9 Å². The van der Waals surface area contributed by atoms with Crippen molar-refractivity contribution in [1.82, 2.24) is 0 Å². The normalized spacial score (nSPS) is 12.3. The maximum absolute atomic E-state index is 10.5. The average molecular weight is 406 g/mol. The summed E-state index contributed by atoms with van der Waals surface area (Å²) in [5.41, 5.74) is 0. The van der Waals surface area contributed by atoms with Gasteiger partial charge in [-0.15, -0.1) is 0 Å². The molecule has 0 aliphatic carbocycles. The van der Waals surface area contributed by atoms with Gasteiger partial charge < -0.3 is 0 Å². The molecule has 0 fully saturated rings. The molecule has 0 aliphatic rings. The Morgan fingerprint density at radius 1 is 0.483 bits per heavy atom. The monoisotopic (exact) mass is 405 g/mol. The summed E-state index contributed by atoms with van der Waals surface area (Å²) in [6.45, 7) is 2.26. The minimum Gasteiger partial charge on any atom is -0.211 e. The fourth-order valence-electron chi connectivity index (χ4n) is 3.55. The summed E-state index contributed by atoms with van der Waals surface area (Å²) in [5.74, 6) is -1.71. The number of rotatable bonds is 21. The van der Waals surface area contributed by atoms with E-state index in [1.807, 2.05) is 0 Å². The molecule has 6 heteroatoms. The van der Waals surface area contributed by atoms with Crippen LogP contribution in [-0.4, -0.2) is 24.0 Å². The van der Waals surface area contributed by atoms with Crippen molar-refractivity contribution in [3.8, 4) is 0 Å². The second kappa shape index (κ2) is 20.9. The Morgan fingerprint density at radius 2 is 0.759 bits per heavy atom. The van der Waals surface area contributed by atoms with Gasteiger partial charge in [0.15, 0.2) is 0 Å². The maximum atomic E-state index is 10.5. The fraction of sp³-hybridized carbons (Fsp3) is 0.870. The Kier molecular flexibility index (Phi) is 19.5. The molecule has 0 saturated carbocycles. The van der Waals surface area contributed by atoms with Crippen LogP contribution in [-0.2, 0) is 14.4 Å². The molecular weight excluding hydrogens is 366 g/mol. The molecule has 6 nitrogen and oxygen atoms in total. The standard InChI is InChI=1S/C23H39N3O3/c1-2-3-4-5-6-7-8-9-10-11-12-13-14-15-16-17-18-19-23(24-20-27,25-21-28)26-22-29/h2-19H2,1H3. The van der Waals surface area contributed by atoms with Gasteiger partial charge >= 0.3 is 0 Å². The lowest BCUT2D eigenvalue weighted by atomic mass is 10.0. The highest BCUT2D eigenvalue weighted by Crippen LogP contribution is 2.23. The zero-order valence-corrected chi connectivity index (χ0v) is 18.3. The lowest BCUT2D eigenvalue weighted by Crippen LogP contribution is -2.20. The summed E-state index contributed by atoms with van der Waals surface area (Å²) in [7, 11) is 0. The van der Waals surface area contributed by atoms with Crippen LogP contribution in [0.25, 0.3) is 0 Å². The topological polar surface area (TPSA) is 88.3 Å². The molecule has 0 aromatic heterocycles. The summed E-state index contributed by atoms with van der Waals surface area (Å²) in [6, 6.07) is 0. The van der Waals surface area contributed by atoms with Crippen LogP contribution in [0.1, 0.15) is 122 Å². The van der Waals surface area contributed by atoms with Gasteiger partial charge in [-0.25, -0.2) is 14.4 Å². The van der Waals surface area contributed by atoms with Gasteiger partial charge in [0.2, 0.25) is 18.2 Å². The van der Waals surface area contributed by atoms with Gasteiger partial charge in [0.05, 0.1) is 0 Å². The van der Waals surface area contributed by atoms with Crippen LogP contribution in [0.15, 0.2) is 15.0 Å². The third-order valence-corrected chi connectivity index (χ3v) is 5.29. The Bertz CT molecular complexity index is 486. The minimum absolute atomic E-state index is 0.214. The van der Waals surface area contributed by atoms with Crippen LogP contribution >= 0.6 is 0 Å². The van der Waals surface area contributed by atoms with Gasteiger partial charge in [0.25, 0.3) is 5.79 Å². The molecule has 0 amide bonds. The molecule has 0 saturated heterocycles. The molecule has 0 N–H and O–H groups in total. The molecule has 0 spiro atoms. The first-order valence-electron chi connectivity index (χ1n) is 11.5. The first-order valence-corrected chi connectivity index (χ1v) is 11.5. The number of carbonyl (C=O) groups excluding carboxylic acids is 3. The Hall–Kier alpha value is -1.86. The SMILES string of the molecule is CCCCCCCCCCCCCCCCCCCC(N=C=O)(N=C=O)N=C=O. The van der Waals surface area contributed by atoms with Crippen LogP contribution in [0.3, 0.4) is 0 Å². The summed E-state index contributed by atoms with van der Waals surface area (Å²) in [4.78, 5) is 41.6. The summed E-state index contributed by atoms with van der Waals surface area (Å²) in [5, 5.41) is 0. The van der Waals surface area contributed by atoms with E-state index in [0.29, 0.717) is 6.42 Å². The molecular formula is C23H39N3O3. The highest BCUT2D eigenvalue weighted by atomic mass is 16.1. The molecule has 0 rings (SSSR count). The summed E-state index contributed by atoms with van der Waals surface area (Å²) >= 11 is 0. The second-order valence-corrected chi connectivity index (χ2v) is 7.79. The van der Waals surface area contributed by atoms with Crippen molar-refractivity contribution in [2.45, 2.75) is 128 Å². The van der Waals surface area contributed by atoms with E-state index in [-0.39, 0.29) is 6.42 Å². The van der Waals surface area contributed by atoms with Gasteiger partial charge in [-0.2, -0.15) is 15.0 Å². The van der Waals surface area contributed by atoms with Crippen molar-refractivity contribution in [2.75, 3.05) is 0 Å². The molecule has 164 valence electrons. The maximum Gasteiger partial charge on any atom is 0.277 e. The van der Waals surface area contributed by atoms with Crippen LogP contribution < -0.4 is 0 Å². The van der Waals surface area contributed by atoms with E-state index in [1.54, 1.807) is 0 Å². The largest absolute Gasteiger partial charge is 0.277 e. The van der Waals surface area contributed by atoms with Gasteiger partial charge in [0.1, 0.15) is 0 Å². The Labute approximate surface area is 176 Å².